The van der Waals surface area contributed by atoms with Gasteiger partial charge in [0, 0.05) is 18.2 Å². The van der Waals surface area contributed by atoms with E-state index in [0.717, 1.165) is 12.8 Å². The van der Waals surface area contributed by atoms with Gasteiger partial charge in [0.05, 0.1) is 12.5 Å². The van der Waals surface area contributed by atoms with Gasteiger partial charge in [0.15, 0.2) is 11.5 Å². The number of hydrogen-bond acceptors (Lipinski definition) is 4. The van der Waals surface area contributed by atoms with E-state index in [0.29, 0.717) is 18.5 Å². The molecule has 1 fully saturated rings. The molecule has 1 saturated carbocycles. The summed E-state index contributed by atoms with van der Waals surface area (Å²) in [5.74, 6) is -0.763. The van der Waals surface area contributed by atoms with E-state index < -0.39 is 0 Å². The number of nitriles is 1. The second-order valence-electron chi connectivity index (χ2n) is 4.34. The van der Waals surface area contributed by atoms with E-state index in [4.69, 9.17) is 5.26 Å². The number of carbonyl (C=O) groups excluding carboxylic acids is 1. The summed E-state index contributed by atoms with van der Waals surface area (Å²) < 4.78 is 0. The molecule has 0 saturated heterocycles. The van der Waals surface area contributed by atoms with Gasteiger partial charge in [-0.3, -0.25) is 4.79 Å². The number of phenolic OH excluding ortho intramolecular Hbond substituents is 2. The molecule has 2 rings (SSSR count). The molecule has 0 atom stereocenters. The Hall–Kier alpha value is -2.22. The Morgan fingerprint density at radius 1 is 1.39 bits per heavy atom. The first kappa shape index (κ1) is 12.2. The van der Waals surface area contributed by atoms with Crippen LogP contribution in [-0.2, 0) is 0 Å². The molecule has 1 aromatic carbocycles. The standard InChI is InChI=1S/C13H14N2O3/c14-6-1-7-15(10-3-4-10)13(18)9-2-5-11(16)12(17)8-9/h2,5,8,10,16-17H,1,3-4,7H2. The molecule has 1 aliphatic rings. The number of benzene rings is 1. The van der Waals surface area contributed by atoms with E-state index in [1.165, 1.54) is 18.2 Å². The third kappa shape index (κ3) is 2.54. The van der Waals surface area contributed by atoms with Crippen LogP contribution >= 0.6 is 0 Å². The van der Waals surface area contributed by atoms with Crippen LogP contribution in [0.5, 0.6) is 11.5 Å². The molecule has 94 valence electrons. The lowest BCUT2D eigenvalue weighted by molar-refractivity contribution is 0.0746. The van der Waals surface area contributed by atoms with Crippen molar-refractivity contribution < 1.29 is 15.0 Å². The van der Waals surface area contributed by atoms with E-state index in [1.54, 1.807) is 4.90 Å². The maximum absolute atomic E-state index is 12.2. The Labute approximate surface area is 105 Å². The van der Waals surface area contributed by atoms with Crippen molar-refractivity contribution in [3.05, 3.63) is 23.8 Å². The molecule has 0 unspecified atom stereocenters. The minimum absolute atomic E-state index is 0.206. The third-order valence-corrected chi connectivity index (χ3v) is 2.94. The molecular formula is C13H14N2O3. The first-order chi connectivity index (χ1) is 8.63. The fraction of sp³-hybridized carbons (Fsp3) is 0.385. The number of amides is 1. The molecule has 1 aromatic rings. The lowest BCUT2D eigenvalue weighted by Gasteiger charge is -2.21. The van der Waals surface area contributed by atoms with Crippen LogP contribution in [-0.4, -0.2) is 33.6 Å². The van der Waals surface area contributed by atoms with E-state index in [-0.39, 0.29) is 23.4 Å². The predicted molar refractivity (Wildman–Crippen MR) is 64.1 cm³/mol. The van der Waals surface area contributed by atoms with E-state index in [9.17, 15) is 15.0 Å². The molecule has 5 heteroatoms. The van der Waals surface area contributed by atoms with Crippen LogP contribution in [0.1, 0.15) is 29.6 Å². The maximum atomic E-state index is 12.2. The van der Waals surface area contributed by atoms with E-state index in [1.807, 2.05) is 6.07 Å². The second-order valence-corrected chi connectivity index (χ2v) is 4.34. The van der Waals surface area contributed by atoms with Crippen molar-refractivity contribution in [2.75, 3.05) is 6.54 Å². The monoisotopic (exact) mass is 246 g/mol. The molecule has 1 amide bonds. The number of phenols is 2. The normalized spacial score (nSPS) is 13.9. The molecular weight excluding hydrogens is 232 g/mol. The van der Waals surface area contributed by atoms with Crippen LogP contribution in [0.3, 0.4) is 0 Å². The Morgan fingerprint density at radius 3 is 2.67 bits per heavy atom. The van der Waals surface area contributed by atoms with Crippen LogP contribution < -0.4 is 0 Å². The van der Waals surface area contributed by atoms with Gasteiger partial charge in [0.2, 0.25) is 0 Å². The van der Waals surface area contributed by atoms with Crippen LogP contribution in [0.25, 0.3) is 0 Å². The first-order valence-corrected chi connectivity index (χ1v) is 5.83. The second kappa shape index (κ2) is 4.96. The molecule has 2 N–H and O–H groups in total. The summed E-state index contributed by atoms with van der Waals surface area (Å²) in [4.78, 5) is 13.9. The SMILES string of the molecule is N#CCCN(C(=O)c1ccc(O)c(O)c1)C1CC1. The van der Waals surface area contributed by atoms with Crippen molar-refractivity contribution in [3.63, 3.8) is 0 Å². The Morgan fingerprint density at radius 2 is 2.11 bits per heavy atom. The molecule has 0 aliphatic heterocycles. The molecule has 0 spiro atoms. The minimum Gasteiger partial charge on any atom is -0.504 e. The highest BCUT2D eigenvalue weighted by molar-refractivity contribution is 5.95. The average molecular weight is 246 g/mol. The summed E-state index contributed by atoms with van der Waals surface area (Å²) in [6.45, 7) is 0.404. The van der Waals surface area contributed by atoms with Gasteiger partial charge < -0.3 is 15.1 Å². The summed E-state index contributed by atoms with van der Waals surface area (Å²) in [6, 6.07) is 6.24. The molecule has 18 heavy (non-hydrogen) atoms. The lowest BCUT2D eigenvalue weighted by Crippen LogP contribution is -2.33. The zero-order valence-corrected chi connectivity index (χ0v) is 9.83. The van der Waals surface area contributed by atoms with Gasteiger partial charge in [-0.15, -0.1) is 0 Å². The zero-order chi connectivity index (χ0) is 13.1. The number of nitrogens with zero attached hydrogens (tertiary/aromatic N) is 2. The van der Waals surface area contributed by atoms with Crippen LogP contribution in [0.2, 0.25) is 0 Å². The molecule has 5 nitrogen and oxygen atoms in total. The molecule has 1 aliphatic carbocycles. The third-order valence-electron chi connectivity index (χ3n) is 2.94. The highest BCUT2D eigenvalue weighted by Gasteiger charge is 2.32. The van der Waals surface area contributed by atoms with Crippen molar-refractivity contribution in [3.8, 4) is 17.6 Å². The molecule has 0 heterocycles. The van der Waals surface area contributed by atoms with Gasteiger partial charge >= 0.3 is 0 Å². The van der Waals surface area contributed by atoms with Crippen LogP contribution in [0.15, 0.2) is 18.2 Å². The smallest absolute Gasteiger partial charge is 0.254 e. The topological polar surface area (TPSA) is 84.6 Å². The zero-order valence-electron chi connectivity index (χ0n) is 9.83. The van der Waals surface area contributed by atoms with Gasteiger partial charge in [-0.1, -0.05) is 0 Å². The van der Waals surface area contributed by atoms with Gasteiger partial charge in [0.1, 0.15) is 0 Å². The minimum atomic E-state index is -0.308. The highest BCUT2D eigenvalue weighted by Crippen LogP contribution is 2.30. The van der Waals surface area contributed by atoms with Gasteiger partial charge in [-0.2, -0.15) is 5.26 Å². The number of rotatable bonds is 4. The maximum Gasteiger partial charge on any atom is 0.254 e. The van der Waals surface area contributed by atoms with Crippen molar-refractivity contribution in [2.45, 2.75) is 25.3 Å². The highest BCUT2D eigenvalue weighted by atomic mass is 16.3. The number of aromatic hydroxyl groups is 2. The first-order valence-electron chi connectivity index (χ1n) is 5.83. The van der Waals surface area contributed by atoms with Crippen molar-refractivity contribution in [1.82, 2.24) is 4.90 Å². The summed E-state index contributed by atoms with van der Waals surface area (Å²) in [6.07, 6.45) is 2.22. The van der Waals surface area contributed by atoms with Crippen LogP contribution in [0, 0.1) is 11.3 Å². The van der Waals surface area contributed by atoms with Crippen molar-refractivity contribution in [1.29, 1.82) is 5.26 Å². The van der Waals surface area contributed by atoms with Crippen molar-refractivity contribution in [2.24, 2.45) is 0 Å². The number of carbonyl (C=O) groups is 1. The fourth-order valence-corrected chi connectivity index (χ4v) is 1.83. The summed E-state index contributed by atoms with van der Waals surface area (Å²) >= 11 is 0. The van der Waals surface area contributed by atoms with Crippen LogP contribution in [0.4, 0.5) is 0 Å². The summed E-state index contributed by atoms with van der Waals surface area (Å²) in [7, 11) is 0. The summed E-state index contributed by atoms with van der Waals surface area (Å²) in [5.41, 5.74) is 0.329. The van der Waals surface area contributed by atoms with E-state index >= 15 is 0 Å². The largest absolute Gasteiger partial charge is 0.504 e. The lowest BCUT2D eigenvalue weighted by atomic mass is 10.1. The van der Waals surface area contributed by atoms with Gasteiger partial charge in [-0.05, 0) is 31.0 Å². The Bertz CT molecular complexity index is 503. The van der Waals surface area contributed by atoms with E-state index in [2.05, 4.69) is 0 Å². The average Bonchev–Trinajstić information content (AvgIpc) is 3.17. The van der Waals surface area contributed by atoms with Crippen molar-refractivity contribution >= 4 is 5.91 Å². The molecule has 0 bridgehead atoms. The molecule has 0 radical (unpaired) electrons. The van der Waals surface area contributed by atoms with Gasteiger partial charge in [0.25, 0.3) is 5.91 Å². The number of hydrogen-bond donors (Lipinski definition) is 2. The quantitative estimate of drug-likeness (QED) is 0.790. The predicted octanol–water partition coefficient (Wildman–Crippen LogP) is 1.62. The fourth-order valence-electron chi connectivity index (χ4n) is 1.83. The Balaban J connectivity index is 2.17. The van der Waals surface area contributed by atoms with Gasteiger partial charge in [-0.25, -0.2) is 0 Å². The molecule has 0 aromatic heterocycles. The summed E-state index contributed by atoms with van der Waals surface area (Å²) in [5, 5.41) is 27.2. The Kier molecular flexibility index (Phi) is 3.38.